The van der Waals surface area contributed by atoms with Crippen LogP contribution in [0.4, 0.5) is 0 Å². The number of benzene rings is 1. The molecule has 1 aromatic heterocycles. The number of nitriles is 1. The molecule has 3 nitrogen and oxygen atoms in total. The van der Waals surface area contributed by atoms with Crippen LogP contribution in [0.15, 0.2) is 24.3 Å². The molecule has 0 radical (unpaired) electrons. The second kappa shape index (κ2) is 6.20. The van der Waals surface area contributed by atoms with Crippen molar-refractivity contribution in [3.05, 3.63) is 30.1 Å². The van der Waals surface area contributed by atoms with Gasteiger partial charge in [0.2, 0.25) is 0 Å². The second-order valence-electron chi connectivity index (χ2n) is 4.62. The van der Waals surface area contributed by atoms with E-state index in [0.717, 1.165) is 37.1 Å². The van der Waals surface area contributed by atoms with Gasteiger partial charge in [0.15, 0.2) is 0 Å². The van der Waals surface area contributed by atoms with Gasteiger partial charge in [0.05, 0.1) is 17.1 Å². The van der Waals surface area contributed by atoms with E-state index in [1.54, 1.807) is 0 Å². The molecule has 0 N–H and O–H groups in total. The number of unbranched alkanes of at least 4 members (excludes halogenated alkanes) is 4. The topological polar surface area (TPSA) is 41.6 Å². The number of para-hydroxylation sites is 2. The molecule has 0 aliphatic heterocycles. The molecule has 0 saturated carbocycles. The first-order valence-corrected chi connectivity index (χ1v) is 6.62. The first-order chi connectivity index (χ1) is 8.83. The third-order valence-electron chi connectivity index (χ3n) is 3.27. The summed E-state index contributed by atoms with van der Waals surface area (Å²) in [5, 5.41) is 8.47. The van der Waals surface area contributed by atoms with Gasteiger partial charge in [-0.15, -0.1) is 0 Å². The van der Waals surface area contributed by atoms with Crippen molar-refractivity contribution in [3.8, 4) is 6.07 Å². The van der Waals surface area contributed by atoms with Crippen molar-refractivity contribution in [2.24, 2.45) is 0 Å². The molecule has 0 spiro atoms. The highest BCUT2D eigenvalue weighted by Gasteiger charge is 2.05. The van der Waals surface area contributed by atoms with Crippen molar-refractivity contribution < 1.29 is 0 Å². The number of aromatic nitrogens is 2. The third-order valence-corrected chi connectivity index (χ3v) is 3.27. The van der Waals surface area contributed by atoms with Crippen molar-refractivity contribution >= 4 is 11.0 Å². The first kappa shape index (κ1) is 12.6. The first-order valence-electron chi connectivity index (χ1n) is 6.62. The predicted octanol–water partition coefficient (Wildman–Crippen LogP) is 3.82. The molecular formula is C15H19N3. The van der Waals surface area contributed by atoms with E-state index in [1.165, 1.54) is 11.9 Å². The smallest absolute Gasteiger partial charge is 0.106 e. The highest BCUT2D eigenvalue weighted by molar-refractivity contribution is 5.75. The Kier molecular flexibility index (Phi) is 4.35. The minimum absolute atomic E-state index is 0.688. The highest BCUT2D eigenvalue weighted by atomic mass is 15.1. The maximum absolute atomic E-state index is 8.47. The molecule has 94 valence electrons. The van der Waals surface area contributed by atoms with E-state index in [9.17, 15) is 0 Å². The summed E-state index contributed by atoms with van der Waals surface area (Å²) in [6.45, 7) is 3.09. The number of imidazole rings is 1. The van der Waals surface area contributed by atoms with E-state index < -0.39 is 0 Å². The van der Waals surface area contributed by atoms with Crippen LogP contribution in [0, 0.1) is 18.3 Å². The SMILES string of the molecule is Cc1nc2ccccc2n1CCCCCCC#N. The Morgan fingerprint density at radius 1 is 1.17 bits per heavy atom. The molecule has 18 heavy (non-hydrogen) atoms. The third kappa shape index (κ3) is 2.89. The number of aryl methyl sites for hydroxylation is 2. The molecule has 1 aromatic carbocycles. The van der Waals surface area contributed by atoms with Crippen LogP contribution in [-0.2, 0) is 6.54 Å². The van der Waals surface area contributed by atoms with Crippen LogP contribution in [0.1, 0.15) is 37.9 Å². The van der Waals surface area contributed by atoms with Gasteiger partial charge < -0.3 is 4.57 Å². The molecule has 0 fully saturated rings. The van der Waals surface area contributed by atoms with E-state index in [1.807, 2.05) is 6.07 Å². The van der Waals surface area contributed by atoms with Crippen LogP contribution in [-0.4, -0.2) is 9.55 Å². The van der Waals surface area contributed by atoms with Crippen LogP contribution in [0.25, 0.3) is 11.0 Å². The van der Waals surface area contributed by atoms with E-state index in [4.69, 9.17) is 5.26 Å². The Morgan fingerprint density at radius 2 is 1.94 bits per heavy atom. The van der Waals surface area contributed by atoms with Crippen LogP contribution in [0.3, 0.4) is 0 Å². The summed E-state index contributed by atoms with van der Waals surface area (Å²) in [6, 6.07) is 10.5. The van der Waals surface area contributed by atoms with E-state index in [0.29, 0.717) is 6.42 Å². The van der Waals surface area contributed by atoms with Gasteiger partial charge in [0.25, 0.3) is 0 Å². The fourth-order valence-electron chi connectivity index (χ4n) is 2.31. The van der Waals surface area contributed by atoms with Crippen LogP contribution < -0.4 is 0 Å². The van der Waals surface area contributed by atoms with E-state index in [-0.39, 0.29) is 0 Å². The maximum atomic E-state index is 8.47. The number of hydrogen-bond donors (Lipinski definition) is 0. The number of rotatable bonds is 6. The normalized spacial score (nSPS) is 10.7. The van der Waals surface area contributed by atoms with Gasteiger partial charge in [0.1, 0.15) is 5.82 Å². The van der Waals surface area contributed by atoms with Gasteiger partial charge in [-0.3, -0.25) is 0 Å². The minimum Gasteiger partial charge on any atom is -0.328 e. The van der Waals surface area contributed by atoms with Crippen molar-refractivity contribution in [3.63, 3.8) is 0 Å². The lowest BCUT2D eigenvalue weighted by Gasteiger charge is -2.06. The minimum atomic E-state index is 0.688. The van der Waals surface area contributed by atoms with Crippen molar-refractivity contribution in [2.45, 2.75) is 45.6 Å². The van der Waals surface area contributed by atoms with Crippen molar-refractivity contribution in [1.82, 2.24) is 9.55 Å². The summed E-state index contributed by atoms with van der Waals surface area (Å²) in [6.07, 6.45) is 5.21. The largest absolute Gasteiger partial charge is 0.328 e. The highest BCUT2D eigenvalue weighted by Crippen LogP contribution is 2.16. The average molecular weight is 241 g/mol. The molecule has 0 amide bonds. The molecule has 0 aliphatic carbocycles. The lowest BCUT2D eigenvalue weighted by molar-refractivity contribution is 0.575. The van der Waals surface area contributed by atoms with Gasteiger partial charge in [-0.2, -0.15) is 5.26 Å². The maximum Gasteiger partial charge on any atom is 0.106 e. The molecule has 0 saturated heterocycles. The summed E-state index contributed by atoms with van der Waals surface area (Å²) in [5.41, 5.74) is 2.31. The van der Waals surface area contributed by atoms with E-state index in [2.05, 4.69) is 40.7 Å². The number of nitrogens with zero attached hydrogens (tertiary/aromatic N) is 3. The predicted molar refractivity (Wildman–Crippen MR) is 73.2 cm³/mol. The molecule has 0 bridgehead atoms. The molecule has 0 aliphatic rings. The number of hydrogen-bond acceptors (Lipinski definition) is 2. The van der Waals surface area contributed by atoms with Gasteiger partial charge in [0, 0.05) is 13.0 Å². The lowest BCUT2D eigenvalue weighted by atomic mass is 10.1. The standard InChI is InChI=1S/C15H19N3/c1-13-17-14-9-5-6-10-15(14)18(13)12-8-4-2-3-7-11-16/h5-6,9-10H,2-4,7-8,12H2,1H3. The summed E-state index contributed by atoms with van der Waals surface area (Å²) in [5.74, 6) is 1.09. The quantitative estimate of drug-likeness (QED) is 0.721. The summed E-state index contributed by atoms with van der Waals surface area (Å²) in [7, 11) is 0. The Labute approximate surface area is 108 Å². The van der Waals surface area contributed by atoms with Crippen molar-refractivity contribution in [2.75, 3.05) is 0 Å². The zero-order valence-corrected chi connectivity index (χ0v) is 10.9. The zero-order valence-electron chi connectivity index (χ0n) is 10.9. The monoisotopic (exact) mass is 241 g/mol. The summed E-state index contributed by atoms with van der Waals surface area (Å²) >= 11 is 0. The van der Waals surface area contributed by atoms with Crippen LogP contribution >= 0.6 is 0 Å². The molecule has 1 heterocycles. The van der Waals surface area contributed by atoms with Crippen LogP contribution in [0.2, 0.25) is 0 Å². The zero-order chi connectivity index (χ0) is 12.8. The molecular weight excluding hydrogens is 222 g/mol. The van der Waals surface area contributed by atoms with Gasteiger partial charge >= 0.3 is 0 Å². The fraction of sp³-hybridized carbons (Fsp3) is 0.467. The van der Waals surface area contributed by atoms with E-state index >= 15 is 0 Å². The number of fused-ring (bicyclic) bond motifs is 1. The Bertz CT molecular complexity index is 548. The fourth-order valence-corrected chi connectivity index (χ4v) is 2.31. The van der Waals surface area contributed by atoms with Gasteiger partial charge in [-0.25, -0.2) is 4.98 Å². The summed E-state index contributed by atoms with van der Waals surface area (Å²) in [4.78, 5) is 4.56. The molecule has 0 atom stereocenters. The molecule has 3 heteroatoms. The average Bonchev–Trinajstić information content (AvgIpc) is 2.70. The van der Waals surface area contributed by atoms with Gasteiger partial charge in [-0.1, -0.05) is 25.0 Å². The lowest BCUT2D eigenvalue weighted by Crippen LogP contribution is -2.00. The molecule has 2 aromatic rings. The Morgan fingerprint density at radius 3 is 2.78 bits per heavy atom. The molecule has 0 unspecified atom stereocenters. The van der Waals surface area contributed by atoms with Gasteiger partial charge in [-0.05, 0) is 31.9 Å². The summed E-state index contributed by atoms with van der Waals surface area (Å²) < 4.78 is 2.29. The van der Waals surface area contributed by atoms with Crippen molar-refractivity contribution in [1.29, 1.82) is 5.26 Å². The second-order valence-corrected chi connectivity index (χ2v) is 4.62. The Balaban J connectivity index is 1.91. The molecule has 2 rings (SSSR count). The van der Waals surface area contributed by atoms with Crippen LogP contribution in [0.5, 0.6) is 0 Å². The Hall–Kier alpha value is -1.82.